The van der Waals surface area contributed by atoms with Gasteiger partial charge in [0.05, 0.1) is 16.6 Å². The fourth-order valence-electron chi connectivity index (χ4n) is 5.52. The molecule has 1 N–H and O–H groups in total. The second kappa shape index (κ2) is 11.3. The first-order chi connectivity index (χ1) is 20.4. The van der Waals surface area contributed by atoms with E-state index in [-0.39, 0.29) is 32.2 Å². The van der Waals surface area contributed by atoms with Crippen LogP contribution < -0.4 is 0 Å². The fourth-order valence-corrected chi connectivity index (χ4v) is 5.52. The number of imidazole rings is 1. The van der Waals surface area contributed by atoms with Crippen LogP contribution >= 0.6 is 0 Å². The molecule has 5 aromatic carbocycles. The Bertz CT molecular complexity index is 2090. The molecule has 4 nitrogen and oxygen atoms in total. The van der Waals surface area contributed by atoms with Gasteiger partial charge in [0.2, 0.25) is 0 Å². The molecule has 0 bridgehead atoms. The van der Waals surface area contributed by atoms with Gasteiger partial charge < -0.3 is 5.11 Å². The van der Waals surface area contributed by atoms with Crippen molar-refractivity contribution in [1.82, 2.24) is 14.5 Å². The normalized spacial score (nSPS) is 11.5. The number of aromatic hydroxyl groups is 1. The number of nitrogens with zero attached hydrogens (tertiary/aromatic N) is 3. The van der Waals surface area contributed by atoms with E-state index in [4.69, 9.17) is 9.97 Å². The van der Waals surface area contributed by atoms with Crippen LogP contribution in [0.5, 0.6) is 5.75 Å². The number of pyridine rings is 1. The summed E-state index contributed by atoms with van der Waals surface area (Å²) in [4.78, 5) is 10.0. The van der Waals surface area contributed by atoms with Crippen molar-refractivity contribution in [2.24, 2.45) is 0 Å². The SMILES string of the molecule is CC(C)(C)c1cc(-c2cc3ccccc3cn2)[c-]c(-c2cccc3c2nc(-c2ccccc2O)n3-c2ccccc2)c1.[Pt]. The minimum atomic E-state index is -0.0896. The molecule has 0 saturated carbocycles. The standard InChI is InChI=1S/C38H30N3O.Pt/c1-38(2,3)29-21-27(20-28(22-29)33-23-25-12-7-8-13-26(25)24-39-33)31-17-11-18-34-36(31)40-37(32-16-9-10-19-35(32)42)41(34)30-14-5-4-6-15-30;/h4-19,21-24,42H,1-3H3;/q-1;. The number of aromatic nitrogens is 3. The molecule has 43 heavy (non-hydrogen) atoms. The Balaban J connectivity index is 0.00000329. The van der Waals surface area contributed by atoms with Gasteiger partial charge in [-0.15, -0.1) is 29.3 Å². The van der Waals surface area contributed by atoms with Crippen LogP contribution in [0.3, 0.4) is 0 Å². The summed E-state index contributed by atoms with van der Waals surface area (Å²) in [5, 5.41) is 13.1. The topological polar surface area (TPSA) is 50.9 Å². The molecular weight excluding hydrogens is 710 g/mol. The van der Waals surface area contributed by atoms with Gasteiger partial charge in [-0.05, 0) is 46.5 Å². The first-order valence-corrected chi connectivity index (χ1v) is 14.2. The maximum absolute atomic E-state index is 10.8. The van der Waals surface area contributed by atoms with E-state index in [1.54, 1.807) is 6.07 Å². The van der Waals surface area contributed by atoms with E-state index in [1.165, 1.54) is 5.56 Å². The smallest absolute Gasteiger partial charge is 0.148 e. The van der Waals surface area contributed by atoms with Crippen molar-refractivity contribution >= 4 is 21.8 Å². The molecule has 0 aliphatic heterocycles. The first-order valence-electron chi connectivity index (χ1n) is 14.2. The van der Waals surface area contributed by atoms with Crippen LogP contribution in [0.25, 0.3) is 61.3 Å². The average Bonchev–Trinajstić information content (AvgIpc) is 3.40. The van der Waals surface area contributed by atoms with Crippen molar-refractivity contribution in [3.8, 4) is 45.2 Å². The van der Waals surface area contributed by atoms with Crippen molar-refractivity contribution in [3.63, 3.8) is 0 Å². The number of hydrogen-bond donors (Lipinski definition) is 1. The Labute approximate surface area is 266 Å². The molecule has 0 aliphatic carbocycles. The van der Waals surface area contributed by atoms with Crippen LogP contribution in [0.1, 0.15) is 26.3 Å². The van der Waals surface area contributed by atoms with E-state index >= 15 is 0 Å². The van der Waals surface area contributed by atoms with Gasteiger partial charge in [0.1, 0.15) is 11.6 Å². The summed E-state index contributed by atoms with van der Waals surface area (Å²) in [6, 6.07) is 42.3. The van der Waals surface area contributed by atoms with E-state index < -0.39 is 0 Å². The van der Waals surface area contributed by atoms with Crippen LogP contribution in [0.2, 0.25) is 0 Å². The Kier molecular flexibility index (Phi) is 7.50. The summed E-state index contributed by atoms with van der Waals surface area (Å²) in [5.41, 5.74) is 8.33. The van der Waals surface area contributed by atoms with Gasteiger partial charge in [-0.1, -0.05) is 105 Å². The Hall–Kier alpha value is -4.53. The molecule has 5 heteroatoms. The number of para-hydroxylation sites is 3. The minimum absolute atomic E-state index is 0. The Morgan fingerprint density at radius 2 is 1.37 bits per heavy atom. The minimum Gasteiger partial charge on any atom is -0.507 e. The number of rotatable bonds is 4. The monoisotopic (exact) mass is 739 g/mol. The van der Waals surface area contributed by atoms with Crippen molar-refractivity contribution in [1.29, 1.82) is 0 Å². The number of phenolic OH excluding ortho intramolecular Hbond substituents is 1. The van der Waals surface area contributed by atoms with Gasteiger partial charge >= 0.3 is 0 Å². The summed E-state index contributed by atoms with van der Waals surface area (Å²) < 4.78 is 2.12. The number of fused-ring (bicyclic) bond motifs is 2. The Morgan fingerprint density at radius 3 is 2.14 bits per heavy atom. The average molecular weight is 740 g/mol. The molecule has 0 aliphatic rings. The molecule has 7 rings (SSSR count). The van der Waals surface area contributed by atoms with E-state index in [1.807, 2.05) is 48.7 Å². The zero-order chi connectivity index (χ0) is 28.8. The van der Waals surface area contributed by atoms with Crippen LogP contribution in [0.4, 0.5) is 0 Å². The Morgan fingerprint density at radius 1 is 0.698 bits per heavy atom. The third-order valence-corrected chi connectivity index (χ3v) is 7.78. The summed E-state index contributed by atoms with van der Waals surface area (Å²) >= 11 is 0. The summed E-state index contributed by atoms with van der Waals surface area (Å²) in [5.74, 6) is 0.877. The third-order valence-electron chi connectivity index (χ3n) is 7.78. The third kappa shape index (κ3) is 5.28. The maximum Gasteiger partial charge on any atom is 0.148 e. The predicted molar refractivity (Wildman–Crippen MR) is 172 cm³/mol. The molecule has 0 atom stereocenters. The maximum atomic E-state index is 10.8. The molecule has 0 saturated heterocycles. The molecule has 2 heterocycles. The molecule has 7 aromatic rings. The number of hydrogen-bond acceptors (Lipinski definition) is 3. The van der Waals surface area contributed by atoms with Crippen molar-refractivity contribution in [2.45, 2.75) is 26.2 Å². The van der Waals surface area contributed by atoms with Crippen molar-refractivity contribution in [3.05, 3.63) is 133 Å². The van der Waals surface area contributed by atoms with E-state index in [0.29, 0.717) is 11.4 Å². The second-order valence-corrected chi connectivity index (χ2v) is 11.7. The quantitative estimate of drug-likeness (QED) is 0.183. The molecular formula is C38H30N3OPt-. The van der Waals surface area contributed by atoms with Gasteiger partial charge in [-0.2, -0.15) is 0 Å². The molecule has 214 valence electrons. The van der Waals surface area contributed by atoms with Crippen LogP contribution in [-0.4, -0.2) is 19.6 Å². The zero-order valence-corrected chi connectivity index (χ0v) is 26.4. The van der Waals surface area contributed by atoms with Gasteiger partial charge in [0.25, 0.3) is 0 Å². The largest absolute Gasteiger partial charge is 0.507 e. The van der Waals surface area contributed by atoms with Crippen LogP contribution in [-0.2, 0) is 26.5 Å². The van der Waals surface area contributed by atoms with Gasteiger partial charge in [0.15, 0.2) is 0 Å². The molecule has 0 spiro atoms. The molecule has 2 aromatic heterocycles. The van der Waals surface area contributed by atoms with E-state index in [9.17, 15) is 5.11 Å². The number of benzene rings is 5. The zero-order valence-electron chi connectivity index (χ0n) is 24.2. The van der Waals surface area contributed by atoms with Crippen molar-refractivity contribution in [2.75, 3.05) is 0 Å². The fraction of sp³-hybridized carbons (Fsp3) is 0.105. The van der Waals surface area contributed by atoms with Crippen molar-refractivity contribution < 1.29 is 26.2 Å². The summed E-state index contributed by atoms with van der Waals surface area (Å²) in [7, 11) is 0. The van der Waals surface area contributed by atoms with Gasteiger partial charge in [-0.3, -0.25) is 9.55 Å². The molecule has 0 radical (unpaired) electrons. The summed E-state index contributed by atoms with van der Waals surface area (Å²) in [6.45, 7) is 6.68. The first kappa shape index (κ1) is 28.6. The van der Waals surface area contributed by atoms with Gasteiger partial charge in [0, 0.05) is 38.6 Å². The van der Waals surface area contributed by atoms with Crippen LogP contribution in [0.15, 0.2) is 121 Å². The predicted octanol–water partition coefficient (Wildman–Crippen LogP) is 9.38. The van der Waals surface area contributed by atoms with Crippen LogP contribution in [0, 0.1) is 6.07 Å². The molecule has 0 fully saturated rings. The van der Waals surface area contributed by atoms with Gasteiger partial charge in [-0.25, -0.2) is 4.98 Å². The van der Waals surface area contributed by atoms with E-state index in [2.05, 4.69) is 98.1 Å². The summed E-state index contributed by atoms with van der Waals surface area (Å²) in [6.07, 6.45) is 1.93. The molecule has 0 amide bonds. The van der Waals surface area contributed by atoms with E-state index in [0.717, 1.165) is 49.9 Å². The second-order valence-electron chi connectivity index (χ2n) is 11.7. The number of phenols is 1. The molecule has 0 unspecified atom stereocenters.